The number of imidazole rings is 1. The van der Waals surface area contributed by atoms with E-state index >= 15 is 0 Å². The maximum absolute atomic E-state index is 6.31. The van der Waals surface area contributed by atoms with Crippen molar-refractivity contribution in [2.45, 2.75) is 51.2 Å². The topological polar surface area (TPSA) is 88.1 Å². The molecule has 0 spiro atoms. The van der Waals surface area contributed by atoms with Gasteiger partial charge >= 0.3 is 0 Å². The summed E-state index contributed by atoms with van der Waals surface area (Å²) >= 11 is 4.52. The third-order valence-electron chi connectivity index (χ3n) is 5.44. The van der Waals surface area contributed by atoms with E-state index in [4.69, 9.17) is 14.9 Å². The number of rotatable bonds is 5. The van der Waals surface area contributed by atoms with Crippen LogP contribution in [0.1, 0.15) is 27.0 Å². The molecule has 1 aliphatic rings. The average Bonchev–Trinajstić information content (AvgIpc) is 2.90. The number of anilines is 1. The van der Waals surface area contributed by atoms with Gasteiger partial charge in [0.15, 0.2) is 19.8 Å². The molecule has 0 aliphatic carbocycles. The molecule has 0 saturated carbocycles. The molecular formula is C16H27N5O2SSi. The Morgan fingerprint density at radius 2 is 2.04 bits per heavy atom. The fraction of sp³-hybridized carbons (Fsp3) is 0.688. The van der Waals surface area contributed by atoms with Gasteiger partial charge in [-0.05, 0) is 23.9 Å². The molecule has 3 atom stereocenters. The van der Waals surface area contributed by atoms with Gasteiger partial charge in [0.25, 0.3) is 0 Å². The molecule has 3 heterocycles. The highest BCUT2D eigenvalue weighted by Crippen LogP contribution is 2.42. The van der Waals surface area contributed by atoms with Crippen LogP contribution in [0.15, 0.2) is 12.7 Å². The van der Waals surface area contributed by atoms with E-state index in [1.165, 1.54) is 6.33 Å². The molecular weight excluding hydrogens is 354 g/mol. The van der Waals surface area contributed by atoms with Crippen LogP contribution in [0.25, 0.3) is 11.2 Å². The normalized spacial score (nSPS) is 24.5. The van der Waals surface area contributed by atoms with E-state index in [0.29, 0.717) is 29.3 Å². The van der Waals surface area contributed by atoms with Crippen molar-refractivity contribution in [3.63, 3.8) is 0 Å². The number of aromatic nitrogens is 4. The second-order valence-electron chi connectivity index (χ2n) is 8.07. The number of nitrogens with two attached hydrogens (primary N) is 1. The Morgan fingerprint density at radius 1 is 1.32 bits per heavy atom. The summed E-state index contributed by atoms with van der Waals surface area (Å²) < 4.78 is 14.3. The van der Waals surface area contributed by atoms with E-state index < -0.39 is 8.32 Å². The van der Waals surface area contributed by atoms with Gasteiger partial charge in [-0.15, -0.1) is 0 Å². The molecule has 2 N–H and O–H groups in total. The average molecular weight is 382 g/mol. The molecule has 0 amide bonds. The molecule has 1 saturated heterocycles. The predicted octanol–water partition coefficient (Wildman–Crippen LogP) is 2.87. The first kappa shape index (κ1) is 18.6. The van der Waals surface area contributed by atoms with Gasteiger partial charge in [0, 0.05) is 5.92 Å². The Hall–Kier alpha value is -1.16. The van der Waals surface area contributed by atoms with Gasteiger partial charge in [0.05, 0.1) is 19.0 Å². The van der Waals surface area contributed by atoms with Crippen molar-refractivity contribution in [3.05, 3.63) is 12.7 Å². The summed E-state index contributed by atoms with van der Waals surface area (Å²) in [6, 6.07) is 0. The summed E-state index contributed by atoms with van der Waals surface area (Å²) in [5, 5.41) is 0.182. The number of nitrogens with zero attached hydrogens (tertiary/aromatic N) is 4. The van der Waals surface area contributed by atoms with Gasteiger partial charge in [-0.3, -0.25) is 4.57 Å². The number of fused-ring (bicyclic) bond motifs is 1. The summed E-state index contributed by atoms with van der Waals surface area (Å²) in [6.07, 6.45) is 3.04. The molecule has 2 aromatic rings. The summed E-state index contributed by atoms with van der Waals surface area (Å²) in [4.78, 5) is 12.6. The fourth-order valence-electron chi connectivity index (χ4n) is 2.68. The lowest BCUT2D eigenvalue weighted by Gasteiger charge is -2.46. The van der Waals surface area contributed by atoms with Crippen LogP contribution in [0, 0.1) is 5.92 Å². The minimum atomic E-state index is -1.79. The number of nitrogen functional groups attached to an aromatic ring is 1. The number of hydrogen-bond donors (Lipinski definition) is 2. The van der Waals surface area contributed by atoms with Crippen molar-refractivity contribution in [1.29, 1.82) is 0 Å². The maximum Gasteiger partial charge on any atom is 0.192 e. The Balaban J connectivity index is 1.72. The lowest BCUT2D eigenvalue weighted by atomic mass is 9.96. The first-order chi connectivity index (χ1) is 11.7. The van der Waals surface area contributed by atoms with E-state index in [1.54, 1.807) is 6.33 Å². The van der Waals surface area contributed by atoms with Crippen molar-refractivity contribution in [3.8, 4) is 0 Å². The monoisotopic (exact) mass is 381 g/mol. The lowest BCUT2D eigenvalue weighted by molar-refractivity contribution is -0.223. The van der Waals surface area contributed by atoms with E-state index in [2.05, 4.69) is 61.4 Å². The van der Waals surface area contributed by atoms with Crippen molar-refractivity contribution < 1.29 is 9.16 Å². The van der Waals surface area contributed by atoms with Crippen LogP contribution in [-0.4, -0.2) is 46.3 Å². The minimum absolute atomic E-state index is 0.0354. The zero-order valence-corrected chi connectivity index (χ0v) is 17.3. The van der Waals surface area contributed by atoms with E-state index in [-0.39, 0.29) is 23.3 Å². The SMILES string of the molecule is CC(C)(C)[Si](C)(C)OC[C@H]1O[C@@H](n2cnc3c(N)ncnc32)[C@H]1CS. The van der Waals surface area contributed by atoms with Crippen LogP contribution in [-0.2, 0) is 9.16 Å². The molecule has 7 nitrogen and oxygen atoms in total. The number of ether oxygens (including phenoxy) is 1. The molecule has 3 rings (SSSR count). The smallest absolute Gasteiger partial charge is 0.192 e. The molecule has 1 aliphatic heterocycles. The van der Waals surface area contributed by atoms with E-state index in [1.807, 2.05) is 4.57 Å². The highest BCUT2D eigenvalue weighted by Gasteiger charge is 2.46. The molecule has 0 bridgehead atoms. The summed E-state index contributed by atoms with van der Waals surface area (Å²) in [7, 11) is -1.79. The lowest BCUT2D eigenvalue weighted by Crippen LogP contribution is -2.52. The van der Waals surface area contributed by atoms with Crippen LogP contribution in [0.4, 0.5) is 5.82 Å². The van der Waals surface area contributed by atoms with Gasteiger partial charge in [0.2, 0.25) is 0 Å². The van der Waals surface area contributed by atoms with Gasteiger partial charge in [-0.1, -0.05) is 20.8 Å². The highest BCUT2D eigenvalue weighted by atomic mass is 32.1. The standard InChI is InChI=1S/C16H27N5O2SSi/c1-16(2,3)25(4,5)22-6-11-10(7-24)15(23-11)21-9-20-12-13(17)18-8-19-14(12)21/h8-11,15,24H,6-7H2,1-5H3,(H2,17,18,19)/t10-,11+,15+/m0/s1. The number of hydrogen-bond acceptors (Lipinski definition) is 7. The molecule has 138 valence electrons. The minimum Gasteiger partial charge on any atom is -0.414 e. The van der Waals surface area contributed by atoms with E-state index in [9.17, 15) is 0 Å². The zero-order chi connectivity index (χ0) is 18.4. The first-order valence-corrected chi connectivity index (χ1v) is 12.0. The number of thiol groups is 1. The largest absolute Gasteiger partial charge is 0.414 e. The van der Waals surface area contributed by atoms with Crippen molar-refractivity contribution in [2.24, 2.45) is 5.92 Å². The highest BCUT2D eigenvalue weighted by molar-refractivity contribution is 7.80. The second kappa shape index (κ2) is 6.53. The summed E-state index contributed by atoms with van der Waals surface area (Å²) in [5.74, 6) is 1.32. The third-order valence-corrected chi connectivity index (χ3v) is 10.4. The Morgan fingerprint density at radius 3 is 2.68 bits per heavy atom. The molecule has 1 fully saturated rings. The van der Waals surface area contributed by atoms with Crippen LogP contribution < -0.4 is 5.73 Å². The van der Waals surface area contributed by atoms with Crippen LogP contribution in [0.5, 0.6) is 0 Å². The molecule has 0 aromatic carbocycles. The van der Waals surface area contributed by atoms with Crippen molar-refractivity contribution in [2.75, 3.05) is 18.1 Å². The molecule has 9 heteroatoms. The quantitative estimate of drug-likeness (QED) is 0.612. The van der Waals surface area contributed by atoms with Gasteiger partial charge in [0.1, 0.15) is 18.1 Å². The van der Waals surface area contributed by atoms with Crippen LogP contribution >= 0.6 is 12.6 Å². The van der Waals surface area contributed by atoms with Gasteiger partial charge < -0.3 is 14.9 Å². The Kier molecular flexibility index (Phi) is 4.86. The zero-order valence-electron chi connectivity index (χ0n) is 15.4. The Bertz CT molecular complexity index is 761. The van der Waals surface area contributed by atoms with Gasteiger partial charge in [-0.2, -0.15) is 12.6 Å². The molecule has 0 unspecified atom stereocenters. The molecule has 0 radical (unpaired) electrons. The van der Waals surface area contributed by atoms with Crippen molar-refractivity contribution in [1.82, 2.24) is 19.5 Å². The second-order valence-corrected chi connectivity index (χ2v) is 13.2. The summed E-state index contributed by atoms with van der Waals surface area (Å²) in [5.41, 5.74) is 7.15. The predicted molar refractivity (Wildman–Crippen MR) is 104 cm³/mol. The van der Waals surface area contributed by atoms with Crippen LogP contribution in [0.2, 0.25) is 18.1 Å². The third kappa shape index (κ3) is 3.30. The Labute approximate surface area is 154 Å². The van der Waals surface area contributed by atoms with Crippen molar-refractivity contribution >= 4 is 37.9 Å². The fourth-order valence-corrected chi connectivity index (χ4v) is 4.11. The molecule has 25 heavy (non-hydrogen) atoms. The summed E-state index contributed by atoms with van der Waals surface area (Å²) in [6.45, 7) is 11.8. The van der Waals surface area contributed by atoms with Crippen LogP contribution in [0.3, 0.4) is 0 Å². The van der Waals surface area contributed by atoms with Gasteiger partial charge in [-0.25, -0.2) is 15.0 Å². The molecule has 2 aromatic heterocycles. The maximum atomic E-state index is 6.31. The first-order valence-electron chi connectivity index (χ1n) is 8.49. The van der Waals surface area contributed by atoms with E-state index in [0.717, 1.165) is 0 Å².